The average Bonchev–Trinajstić information content (AvgIpc) is 2.93. The van der Waals surface area contributed by atoms with Crippen LogP contribution in [0, 0.1) is 5.92 Å². The predicted octanol–water partition coefficient (Wildman–Crippen LogP) is 3.51. The molecule has 2 aliphatic heterocycles. The molecular weight excluding hydrogens is 232 g/mol. The molecule has 2 nitrogen and oxygen atoms in total. The molecule has 0 bridgehead atoms. The molecule has 3 atom stereocenters. The minimum absolute atomic E-state index is 0.825. The molecule has 0 radical (unpaired) electrons. The van der Waals surface area contributed by atoms with Gasteiger partial charge in [0.2, 0.25) is 0 Å². The Morgan fingerprint density at radius 3 is 2.53 bits per heavy atom. The summed E-state index contributed by atoms with van der Waals surface area (Å²) in [5.41, 5.74) is 0. The van der Waals surface area contributed by atoms with Gasteiger partial charge in [0.1, 0.15) is 0 Å². The van der Waals surface area contributed by atoms with Crippen molar-refractivity contribution < 1.29 is 0 Å². The fraction of sp³-hybridized carbons (Fsp3) is 1.00. The van der Waals surface area contributed by atoms with E-state index in [1.54, 1.807) is 0 Å². The van der Waals surface area contributed by atoms with E-state index in [2.05, 4.69) is 23.6 Å². The molecule has 0 spiro atoms. The zero-order valence-electron chi connectivity index (χ0n) is 13.0. The standard InChI is InChI=1S/C17H32N2/c1-3-16-12-18-11-7-10-17(18)13-19(16)14(2)15-8-5-4-6-9-15/h14-17H,3-13H2,1-2H3. The Hall–Kier alpha value is -0.0800. The molecule has 3 rings (SSSR count). The van der Waals surface area contributed by atoms with Crippen LogP contribution < -0.4 is 0 Å². The molecule has 1 saturated carbocycles. The highest BCUT2D eigenvalue weighted by Gasteiger charge is 2.39. The van der Waals surface area contributed by atoms with Gasteiger partial charge in [0.25, 0.3) is 0 Å². The summed E-state index contributed by atoms with van der Waals surface area (Å²) in [5.74, 6) is 0.982. The number of nitrogens with zero attached hydrogens (tertiary/aromatic N) is 2. The molecule has 0 N–H and O–H groups in total. The quantitative estimate of drug-likeness (QED) is 0.769. The molecule has 3 aliphatic rings. The zero-order chi connectivity index (χ0) is 13.2. The lowest BCUT2D eigenvalue weighted by molar-refractivity contribution is -0.000281. The predicted molar refractivity (Wildman–Crippen MR) is 81.4 cm³/mol. The van der Waals surface area contributed by atoms with E-state index in [9.17, 15) is 0 Å². The highest BCUT2D eigenvalue weighted by molar-refractivity contribution is 4.95. The third-order valence-electron chi connectivity index (χ3n) is 6.16. The second-order valence-electron chi connectivity index (χ2n) is 7.19. The van der Waals surface area contributed by atoms with E-state index in [1.165, 1.54) is 71.0 Å². The van der Waals surface area contributed by atoms with Gasteiger partial charge in [0.05, 0.1) is 0 Å². The summed E-state index contributed by atoms with van der Waals surface area (Å²) in [5, 5.41) is 0. The largest absolute Gasteiger partial charge is 0.298 e. The van der Waals surface area contributed by atoms with Crippen molar-refractivity contribution in [3.8, 4) is 0 Å². The van der Waals surface area contributed by atoms with Gasteiger partial charge in [-0.2, -0.15) is 0 Å². The lowest BCUT2D eigenvalue weighted by Gasteiger charge is -2.48. The minimum atomic E-state index is 0.825. The molecule has 2 heteroatoms. The molecule has 0 aromatic carbocycles. The lowest BCUT2D eigenvalue weighted by atomic mass is 9.83. The maximum atomic E-state index is 2.91. The minimum Gasteiger partial charge on any atom is -0.298 e. The maximum absolute atomic E-state index is 2.91. The fourth-order valence-corrected chi connectivity index (χ4v) is 4.86. The first kappa shape index (κ1) is 13.9. The molecular formula is C17H32N2. The van der Waals surface area contributed by atoms with Crippen LogP contribution in [-0.2, 0) is 0 Å². The second kappa shape index (κ2) is 6.13. The lowest BCUT2D eigenvalue weighted by Crippen LogP contribution is -2.59. The molecule has 3 unspecified atom stereocenters. The van der Waals surface area contributed by atoms with Gasteiger partial charge >= 0.3 is 0 Å². The summed E-state index contributed by atoms with van der Waals surface area (Å²) >= 11 is 0. The monoisotopic (exact) mass is 264 g/mol. The molecule has 2 saturated heterocycles. The third kappa shape index (κ3) is 2.85. The van der Waals surface area contributed by atoms with Gasteiger partial charge in [-0.05, 0) is 51.5 Å². The Balaban J connectivity index is 1.66. The Morgan fingerprint density at radius 1 is 1.00 bits per heavy atom. The van der Waals surface area contributed by atoms with E-state index in [0.29, 0.717) is 0 Å². The van der Waals surface area contributed by atoms with Gasteiger partial charge in [-0.1, -0.05) is 26.2 Å². The number of piperazine rings is 1. The molecule has 0 aromatic rings. The molecule has 2 heterocycles. The highest BCUT2D eigenvalue weighted by atomic mass is 15.3. The van der Waals surface area contributed by atoms with E-state index in [1.807, 2.05) is 0 Å². The normalized spacial score (nSPS) is 36.3. The van der Waals surface area contributed by atoms with Crippen LogP contribution in [-0.4, -0.2) is 47.6 Å². The summed E-state index contributed by atoms with van der Waals surface area (Å²) in [6, 6.07) is 2.54. The van der Waals surface area contributed by atoms with E-state index in [0.717, 1.165) is 24.0 Å². The Morgan fingerprint density at radius 2 is 1.79 bits per heavy atom. The van der Waals surface area contributed by atoms with Gasteiger partial charge in [0, 0.05) is 31.2 Å². The van der Waals surface area contributed by atoms with Gasteiger partial charge in [0.15, 0.2) is 0 Å². The van der Waals surface area contributed by atoms with Gasteiger partial charge in [-0.3, -0.25) is 9.80 Å². The number of fused-ring (bicyclic) bond motifs is 1. The zero-order valence-corrected chi connectivity index (χ0v) is 13.0. The van der Waals surface area contributed by atoms with Gasteiger partial charge in [-0.25, -0.2) is 0 Å². The van der Waals surface area contributed by atoms with Crippen LogP contribution in [0.4, 0.5) is 0 Å². The van der Waals surface area contributed by atoms with E-state index in [-0.39, 0.29) is 0 Å². The highest BCUT2D eigenvalue weighted by Crippen LogP contribution is 2.33. The fourth-order valence-electron chi connectivity index (χ4n) is 4.86. The van der Waals surface area contributed by atoms with Gasteiger partial charge < -0.3 is 0 Å². The molecule has 1 aliphatic carbocycles. The van der Waals surface area contributed by atoms with Crippen LogP contribution in [0.2, 0.25) is 0 Å². The van der Waals surface area contributed by atoms with Crippen molar-refractivity contribution in [1.82, 2.24) is 9.80 Å². The first-order valence-corrected chi connectivity index (χ1v) is 8.79. The van der Waals surface area contributed by atoms with Crippen molar-refractivity contribution in [3.05, 3.63) is 0 Å². The van der Waals surface area contributed by atoms with Crippen molar-refractivity contribution in [2.45, 2.75) is 83.3 Å². The van der Waals surface area contributed by atoms with E-state index < -0.39 is 0 Å². The third-order valence-corrected chi connectivity index (χ3v) is 6.16. The molecule has 110 valence electrons. The SMILES string of the molecule is CCC1CN2CCCC2CN1C(C)C1CCCCC1. The summed E-state index contributed by atoms with van der Waals surface area (Å²) in [7, 11) is 0. The van der Waals surface area contributed by atoms with Crippen LogP contribution in [0.5, 0.6) is 0 Å². The van der Waals surface area contributed by atoms with Crippen molar-refractivity contribution in [2.24, 2.45) is 5.92 Å². The van der Waals surface area contributed by atoms with Crippen LogP contribution in [0.25, 0.3) is 0 Å². The van der Waals surface area contributed by atoms with E-state index in [4.69, 9.17) is 0 Å². The molecule has 0 aromatic heterocycles. The summed E-state index contributed by atoms with van der Waals surface area (Å²) < 4.78 is 0. The van der Waals surface area contributed by atoms with Gasteiger partial charge in [-0.15, -0.1) is 0 Å². The second-order valence-corrected chi connectivity index (χ2v) is 7.19. The van der Waals surface area contributed by atoms with Crippen molar-refractivity contribution >= 4 is 0 Å². The average molecular weight is 264 g/mol. The Labute approximate surface area is 119 Å². The first-order valence-electron chi connectivity index (χ1n) is 8.79. The Bertz CT molecular complexity index is 285. The van der Waals surface area contributed by atoms with E-state index >= 15 is 0 Å². The number of rotatable bonds is 3. The van der Waals surface area contributed by atoms with Crippen LogP contribution >= 0.6 is 0 Å². The smallest absolute Gasteiger partial charge is 0.0224 e. The van der Waals surface area contributed by atoms with Crippen molar-refractivity contribution in [3.63, 3.8) is 0 Å². The van der Waals surface area contributed by atoms with Crippen LogP contribution in [0.3, 0.4) is 0 Å². The molecule has 0 amide bonds. The first-order chi connectivity index (χ1) is 9.29. The number of hydrogen-bond donors (Lipinski definition) is 0. The molecule has 3 fully saturated rings. The summed E-state index contributed by atoms with van der Waals surface area (Å²) in [6.07, 6.45) is 11.6. The summed E-state index contributed by atoms with van der Waals surface area (Å²) in [4.78, 5) is 5.68. The Kier molecular flexibility index (Phi) is 4.48. The van der Waals surface area contributed by atoms with Crippen LogP contribution in [0.1, 0.15) is 65.2 Å². The van der Waals surface area contributed by atoms with Crippen LogP contribution in [0.15, 0.2) is 0 Å². The topological polar surface area (TPSA) is 6.48 Å². The number of hydrogen-bond acceptors (Lipinski definition) is 2. The molecule has 19 heavy (non-hydrogen) atoms. The maximum Gasteiger partial charge on any atom is 0.0224 e. The summed E-state index contributed by atoms with van der Waals surface area (Å²) in [6.45, 7) is 8.99. The van der Waals surface area contributed by atoms with Crippen molar-refractivity contribution in [1.29, 1.82) is 0 Å². The van der Waals surface area contributed by atoms with Crippen molar-refractivity contribution in [2.75, 3.05) is 19.6 Å².